The van der Waals surface area contributed by atoms with Gasteiger partial charge in [0.2, 0.25) is 6.41 Å². The fraction of sp³-hybridized carbons (Fsp3) is 0.556. The second-order valence-corrected chi connectivity index (χ2v) is 8.49. The zero-order valence-electron chi connectivity index (χ0n) is 17.3. The number of nitro benzene ring substituents is 1. The van der Waals surface area contributed by atoms with Gasteiger partial charge < -0.3 is 14.4 Å². The Balaban J connectivity index is 1.96. The number of carbonyl (C=O) groups is 1. The lowest BCUT2D eigenvalue weighted by Crippen LogP contribution is -2.47. The molecule has 1 amide bonds. The van der Waals surface area contributed by atoms with Crippen molar-refractivity contribution in [3.63, 3.8) is 0 Å². The van der Waals surface area contributed by atoms with Gasteiger partial charge in [-0.2, -0.15) is 18.2 Å². The van der Waals surface area contributed by atoms with Gasteiger partial charge in [0, 0.05) is 31.5 Å². The first-order valence-corrected chi connectivity index (χ1v) is 10.4. The number of thioether (sulfide) groups is 1. The van der Waals surface area contributed by atoms with E-state index >= 15 is 0 Å². The van der Waals surface area contributed by atoms with Crippen molar-refractivity contribution in [2.75, 3.05) is 19.7 Å². The molecule has 168 valence electrons. The minimum atomic E-state index is -4.98. The van der Waals surface area contributed by atoms with Crippen molar-refractivity contribution in [2.45, 2.75) is 49.7 Å². The molecule has 0 N–H and O–H groups in total. The van der Waals surface area contributed by atoms with Gasteiger partial charge in [-0.05, 0) is 36.6 Å². The summed E-state index contributed by atoms with van der Waals surface area (Å²) in [4.78, 5) is 27.1. The van der Waals surface area contributed by atoms with Crippen molar-refractivity contribution in [3.8, 4) is 0 Å². The molecule has 2 aliphatic heterocycles. The number of likely N-dealkylation sites (tertiary alicyclic amines) is 1. The van der Waals surface area contributed by atoms with E-state index in [0.29, 0.717) is 44.3 Å². The van der Waals surface area contributed by atoms with Gasteiger partial charge in [-0.3, -0.25) is 14.9 Å². The van der Waals surface area contributed by atoms with Crippen LogP contribution in [0.4, 0.5) is 18.9 Å². The van der Waals surface area contributed by atoms with E-state index in [1.54, 1.807) is 4.90 Å². The molecule has 2 heterocycles. The van der Waals surface area contributed by atoms with Crippen LogP contribution >= 0.6 is 11.8 Å². The van der Waals surface area contributed by atoms with Gasteiger partial charge in [0.15, 0.2) is 11.0 Å². The summed E-state index contributed by atoms with van der Waals surface area (Å²) in [7, 11) is 11.2. The molecule has 2 saturated heterocycles. The number of ether oxygens (including phenoxy) is 2. The van der Waals surface area contributed by atoms with Gasteiger partial charge in [-0.15, -0.1) is 0 Å². The van der Waals surface area contributed by atoms with Gasteiger partial charge in [-0.1, -0.05) is 5.46 Å². The average Bonchev–Trinajstić information content (AvgIpc) is 3.04. The van der Waals surface area contributed by atoms with Crippen LogP contribution in [-0.4, -0.2) is 68.7 Å². The van der Waals surface area contributed by atoms with Crippen LogP contribution in [0.2, 0.25) is 0 Å². The van der Waals surface area contributed by atoms with Gasteiger partial charge >= 0.3 is 6.18 Å². The number of halogens is 3. The lowest BCUT2D eigenvalue weighted by Gasteiger charge is -2.38. The smallest absolute Gasteiger partial charge is 0.350 e. The van der Waals surface area contributed by atoms with Crippen molar-refractivity contribution in [3.05, 3.63) is 21.2 Å². The Morgan fingerprint density at radius 2 is 1.97 bits per heavy atom. The third kappa shape index (κ3) is 4.67. The van der Waals surface area contributed by atoms with Crippen LogP contribution < -0.4 is 10.9 Å². The first-order valence-electron chi connectivity index (χ1n) is 9.59. The molecule has 3 rings (SSSR count). The number of amidine groups is 1. The molecule has 4 radical (unpaired) electrons. The van der Waals surface area contributed by atoms with E-state index in [1.165, 1.54) is 6.92 Å². The minimum absolute atomic E-state index is 0.0533. The van der Waals surface area contributed by atoms with Gasteiger partial charge in [0.1, 0.15) is 15.7 Å². The summed E-state index contributed by atoms with van der Waals surface area (Å²) in [5.74, 6) is -0.738. The zero-order valence-corrected chi connectivity index (χ0v) is 18.1. The molecule has 1 spiro atoms. The van der Waals surface area contributed by atoms with Crippen molar-refractivity contribution in [1.29, 1.82) is 0 Å². The molecule has 32 heavy (non-hydrogen) atoms. The largest absolute Gasteiger partial charge is 0.415 e. The van der Waals surface area contributed by atoms with E-state index in [0.717, 1.165) is 0 Å². The SMILES string of the molecule is [B]c1c(C)c(SC(=NC=O)N2CCC3(CC2)OCC(C)O3)c([N+](=O)[O-])c([B])c1C(F)(F)F. The Hall–Kier alpha value is -2.05. The van der Waals surface area contributed by atoms with Crippen LogP contribution in [0.15, 0.2) is 9.89 Å². The number of piperidine rings is 1. The molecule has 14 heteroatoms. The highest BCUT2D eigenvalue weighted by atomic mass is 32.2. The maximum absolute atomic E-state index is 13.4. The van der Waals surface area contributed by atoms with E-state index in [9.17, 15) is 28.1 Å². The van der Waals surface area contributed by atoms with Crippen LogP contribution in [0.25, 0.3) is 0 Å². The predicted molar refractivity (Wildman–Crippen MR) is 113 cm³/mol. The number of hydrogen-bond donors (Lipinski definition) is 0. The van der Waals surface area contributed by atoms with Crippen molar-refractivity contribution >= 4 is 55.6 Å². The van der Waals surface area contributed by atoms with Gasteiger partial charge in [0.25, 0.3) is 5.69 Å². The number of hydrogen-bond acceptors (Lipinski definition) is 6. The number of benzene rings is 1. The molecule has 0 aromatic heterocycles. The van der Waals surface area contributed by atoms with Crippen LogP contribution in [0.3, 0.4) is 0 Å². The Labute approximate surface area is 188 Å². The number of nitro groups is 1. The second-order valence-electron chi connectivity index (χ2n) is 7.52. The molecule has 1 unspecified atom stereocenters. The molecule has 1 atom stereocenters. The third-order valence-corrected chi connectivity index (χ3v) is 6.62. The quantitative estimate of drug-likeness (QED) is 0.126. The number of rotatable bonds is 3. The summed E-state index contributed by atoms with van der Waals surface area (Å²) in [6.45, 7) is 4.28. The minimum Gasteiger partial charge on any atom is -0.350 e. The molecule has 8 nitrogen and oxygen atoms in total. The number of alkyl halides is 3. The zero-order chi connectivity index (χ0) is 23.8. The Bertz CT molecular complexity index is 968. The highest BCUT2D eigenvalue weighted by Gasteiger charge is 2.44. The summed E-state index contributed by atoms with van der Waals surface area (Å²) in [6.07, 6.45) is -3.87. The molecule has 0 aliphatic carbocycles. The number of carbonyl (C=O) groups excluding carboxylic acids is 1. The Morgan fingerprint density at radius 3 is 2.44 bits per heavy atom. The summed E-state index contributed by atoms with van der Waals surface area (Å²) in [6, 6.07) is 0. The number of nitrogens with zero attached hydrogens (tertiary/aromatic N) is 3. The molecule has 2 fully saturated rings. The van der Waals surface area contributed by atoms with E-state index in [4.69, 9.17) is 25.2 Å². The van der Waals surface area contributed by atoms with Crippen LogP contribution in [0, 0.1) is 17.0 Å². The maximum Gasteiger partial charge on any atom is 0.415 e. The topological polar surface area (TPSA) is 94.3 Å². The summed E-state index contributed by atoms with van der Waals surface area (Å²) in [5.41, 5.74) is -4.36. The van der Waals surface area contributed by atoms with Crippen molar-refractivity contribution in [1.82, 2.24) is 4.90 Å². The van der Waals surface area contributed by atoms with Gasteiger partial charge in [-0.25, -0.2) is 0 Å². The van der Waals surface area contributed by atoms with Crippen LogP contribution in [0.1, 0.15) is 30.9 Å². The van der Waals surface area contributed by atoms with Crippen LogP contribution in [0.5, 0.6) is 0 Å². The summed E-state index contributed by atoms with van der Waals surface area (Å²) >= 11 is 0.675. The standard InChI is InChI=1S/C18H18B2F3N3O5S/c1-9-7-30-17(31-9)3-5-25(6-4-17)16(24-8-27)32-15-10(2)12(19)11(18(21,22)23)13(20)14(15)26(28)29/h8-9H,3-7H2,1-2H3. The van der Waals surface area contributed by atoms with Gasteiger partial charge in [0.05, 0.1) is 22.5 Å². The molecule has 0 saturated carbocycles. The maximum atomic E-state index is 13.4. The van der Waals surface area contributed by atoms with Crippen molar-refractivity contribution < 1.29 is 32.4 Å². The fourth-order valence-corrected chi connectivity index (χ4v) is 4.93. The first-order chi connectivity index (χ1) is 14.9. The van der Waals surface area contributed by atoms with E-state index in [2.05, 4.69) is 4.99 Å². The predicted octanol–water partition coefficient (Wildman–Crippen LogP) is 1.34. The van der Waals surface area contributed by atoms with Crippen molar-refractivity contribution in [2.24, 2.45) is 4.99 Å². The number of amides is 1. The molecule has 1 aromatic carbocycles. The normalized spacial score (nSPS) is 21.2. The Morgan fingerprint density at radius 1 is 1.34 bits per heavy atom. The summed E-state index contributed by atoms with van der Waals surface area (Å²) in [5, 5.41) is 11.7. The lowest BCUT2D eigenvalue weighted by molar-refractivity contribution is -0.386. The first kappa shape index (κ1) is 24.6. The van der Waals surface area contributed by atoms with E-state index in [1.807, 2.05) is 6.92 Å². The number of aliphatic imine (C=N–C) groups is 1. The van der Waals surface area contributed by atoms with E-state index < -0.39 is 39.1 Å². The van der Waals surface area contributed by atoms with E-state index in [-0.39, 0.29) is 28.1 Å². The highest BCUT2D eigenvalue weighted by molar-refractivity contribution is 8.14. The average molecular weight is 467 g/mol. The van der Waals surface area contributed by atoms with Crippen LogP contribution in [-0.2, 0) is 20.4 Å². The molecular formula is C18H18B2F3N3O5S. The monoisotopic (exact) mass is 467 g/mol. The summed E-state index contributed by atoms with van der Waals surface area (Å²) < 4.78 is 51.9. The third-order valence-electron chi connectivity index (χ3n) is 5.37. The second kappa shape index (κ2) is 9.06. The molecular weight excluding hydrogens is 449 g/mol. The molecule has 1 aromatic rings. The molecule has 0 bridgehead atoms. The highest BCUT2D eigenvalue weighted by Crippen LogP contribution is 2.39. The fourth-order valence-electron chi connectivity index (χ4n) is 3.80. The molecule has 2 aliphatic rings. The lowest BCUT2D eigenvalue weighted by atomic mass is 9.77. The Kier molecular flexibility index (Phi) is 6.97.